The maximum Gasteiger partial charge on any atom is 0.213 e. The number of hydrogen-bond donors (Lipinski definition) is 0. The Bertz CT molecular complexity index is 594. The lowest BCUT2D eigenvalue weighted by Crippen LogP contribution is -2.65. The molecule has 0 amide bonds. The van der Waals surface area contributed by atoms with E-state index in [4.69, 9.17) is 13.9 Å². The van der Waals surface area contributed by atoms with Crippen LogP contribution < -0.4 is 4.74 Å². The summed E-state index contributed by atoms with van der Waals surface area (Å²) in [4.78, 5) is 6.63. The maximum atomic E-state index is 6.05. The predicted molar refractivity (Wildman–Crippen MR) is 80.6 cm³/mol. The van der Waals surface area contributed by atoms with Gasteiger partial charge in [0, 0.05) is 50.3 Å². The van der Waals surface area contributed by atoms with E-state index in [-0.39, 0.29) is 11.7 Å². The molecule has 2 aliphatic rings. The van der Waals surface area contributed by atoms with E-state index in [0.717, 1.165) is 39.1 Å². The lowest BCUT2D eigenvalue weighted by Gasteiger charge is -2.53. The SMILES string of the molecule is c1ccc(O[C@@H]2CCOC3(C2)CN(Cc2ccoc2)C3)nc1. The van der Waals surface area contributed by atoms with Gasteiger partial charge in [-0.25, -0.2) is 4.98 Å². The lowest BCUT2D eigenvalue weighted by atomic mass is 9.84. The van der Waals surface area contributed by atoms with Crippen LogP contribution in [-0.4, -0.2) is 41.3 Å². The Hall–Kier alpha value is -1.85. The van der Waals surface area contributed by atoms with Crippen molar-refractivity contribution in [3.8, 4) is 5.88 Å². The molecule has 0 bridgehead atoms. The highest BCUT2D eigenvalue weighted by molar-refractivity contribution is 5.12. The van der Waals surface area contributed by atoms with E-state index in [0.29, 0.717) is 5.88 Å². The van der Waals surface area contributed by atoms with Gasteiger partial charge in [-0.05, 0) is 12.1 Å². The molecule has 0 N–H and O–H groups in total. The molecule has 116 valence electrons. The summed E-state index contributed by atoms with van der Waals surface area (Å²) in [6.07, 6.45) is 7.35. The number of likely N-dealkylation sites (tertiary alicyclic amines) is 1. The highest BCUT2D eigenvalue weighted by Crippen LogP contribution is 2.36. The average Bonchev–Trinajstić information content (AvgIpc) is 3.00. The quantitative estimate of drug-likeness (QED) is 0.868. The second-order valence-corrected chi connectivity index (χ2v) is 6.21. The van der Waals surface area contributed by atoms with Crippen molar-refractivity contribution in [2.45, 2.75) is 31.1 Å². The van der Waals surface area contributed by atoms with Gasteiger partial charge < -0.3 is 13.9 Å². The van der Waals surface area contributed by atoms with Gasteiger partial charge in [0.25, 0.3) is 0 Å². The number of nitrogens with zero attached hydrogens (tertiary/aromatic N) is 2. The van der Waals surface area contributed by atoms with Crippen molar-refractivity contribution in [1.29, 1.82) is 0 Å². The zero-order chi connectivity index (χ0) is 14.8. The first-order chi connectivity index (χ1) is 10.8. The Kier molecular flexibility index (Phi) is 3.60. The smallest absolute Gasteiger partial charge is 0.213 e. The first kappa shape index (κ1) is 13.8. The number of furan rings is 1. The van der Waals surface area contributed by atoms with Crippen LogP contribution >= 0.6 is 0 Å². The summed E-state index contributed by atoms with van der Waals surface area (Å²) < 4.78 is 17.2. The summed E-state index contributed by atoms with van der Waals surface area (Å²) >= 11 is 0. The lowest BCUT2D eigenvalue weighted by molar-refractivity contribution is -0.188. The molecular weight excluding hydrogens is 280 g/mol. The fraction of sp³-hybridized carbons (Fsp3) is 0.471. The molecule has 0 aliphatic carbocycles. The Balaban J connectivity index is 1.32. The molecule has 2 fully saturated rings. The molecule has 0 aromatic carbocycles. The van der Waals surface area contributed by atoms with Crippen molar-refractivity contribution in [2.75, 3.05) is 19.7 Å². The molecule has 5 heteroatoms. The normalized spacial score (nSPS) is 24.1. The summed E-state index contributed by atoms with van der Waals surface area (Å²) in [6.45, 7) is 3.60. The third kappa shape index (κ3) is 2.87. The summed E-state index contributed by atoms with van der Waals surface area (Å²) in [5, 5.41) is 0. The molecule has 2 aromatic heterocycles. The fourth-order valence-corrected chi connectivity index (χ4v) is 3.41. The fourth-order valence-electron chi connectivity index (χ4n) is 3.41. The van der Waals surface area contributed by atoms with Crippen LogP contribution in [0.1, 0.15) is 18.4 Å². The van der Waals surface area contributed by atoms with Gasteiger partial charge in [-0.3, -0.25) is 4.90 Å². The minimum atomic E-state index is -0.0402. The van der Waals surface area contributed by atoms with Crippen molar-refractivity contribution < 1.29 is 13.9 Å². The van der Waals surface area contributed by atoms with Crippen LogP contribution in [0, 0.1) is 0 Å². The Morgan fingerprint density at radius 2 is 2.27 bits per heavy atom. The second-order valence-electron chi connectivity index (χ2n) is 6.21. The number of pyridine rings is 1. The van der Waals surface area contributed by atoms with E-state index in [1.54, 1.807) is 18.7 Å². The second kappa shape index (κ2) is 5.74. The van der Waals surface area contributed by atoms with Gasteiger partial charge in [0.05, 0.1) is 24.7 Å². The molecule has 2 aliphatic heterocycles. The van der Waals surface area contributed by atoms with Gasteiger partial charge >= 0.3 is 0 Å². The van der Waals surface area contributed by atoms with E-state index < -0.39 is 0 Å². The van der Waals surface area contributed by atoms with Gasteiger partial charge in [-0.2, -0.15) is 0 Å². The molecule has 2 aromatic rings. The van der Waals surface area contributed by atoms with Crippen molar-refractivity contribution in [3.63, 3.8) is 0 Å². The zero-order valence-electron chi connectivity index (χ0n) is 12.5. The summed E-state index contributed by atoms with van der Waals surface area (Å²) in [5.74, 6) is 0.708. The largest absolute Gasteiger partial charge is 0.474 e. The van der Waals surface area contributed by atoms with Crippen LogP contribution in [0.15, 0.2) is 47.4 Å². The van der Waals surface area contributed by atoms with Crippen molar-refractivity contribution >= 4 is 0 Å². The molecular formula is C17H20N2O3. The third-order valence-electron chi connectivity index (χ3n) is 4.38. The maximum absolute atomic E-state index is 6.05. The minimum Gasteiger partial charge on any atom is -0.474 e. The van der Waals surface area contributed by atoms with Crippen LogP contribution in [0.25, 0.3) is 0 Å². The monoisotopic (exact) mass is 300 g/mol. The summed E-state index contributed by atoms with van der Waals surface area (Å²) in [5.41, 5.74) is 1.17. The average molecular weight is 300 g/mol. The van der Waals surface area contributed by atoms with Gasteiger partial charge in [-0.1, -0.05) is 6.07 Å². The molecule has 5 nitrogen and oxygen atoms in total. The van der Waals surface area contributed by atoms with Crippen molar-refractivity contribution in [1.82, 2.24) is 9.88 Å². The van der Waals surface area contributed by atoms with E-state index in [2.05, 4.69) is 9.88 Å². The van der Waals surface area contributed by atoms with Crippen LogP contribution in [-0.2, 0) is 11.3 Å². The van der Waals surface area contributed by atoms with Crippen LogP contribution in [0.2, 0.25) is 0 Å². The molecule has 1 spiro atoms. The molecule has 0 unspecified atom stereocenters. The first-order valence-electron chi connectivity index (χ1n) is 7.76. The molecule has 22 heavy (non-hydrogen) atoms. The summed E-state index contributed by atoms with van der Waals surface area (Å²) in [6, 6.07) is 7.78. The first-order valence-corrected chi connectivity index (χ1v) is 7.76. The highest BCUT2D eigenvalue weighted by atomic mass is 16.5. The zero-order valence-corrected chi connectivity index (χ0v) is 12.5. The number of ether oxygens (including phenoxy) is 2. The summed E-state index contributed by atoms with van der Waals surface area (Å²) in [7, 11) is 0. The van der Waals surface area contributed by atoms with Crippen LogP contribution in [0.3, 0.4) is 0 Å². The highest BCUT2D eigenvalue weighted by Gasteiger charge is 2.48. The van der Waals surface area contributed by atoms with Crippen LogP contribution in [0.4, 0.5) is 0 Å². The van der Waals surface area contributed by atoms with Crippen molar-refractivity contribution in [2.24, 2.45) is 0 Å². The molecule has 2 saturated heterocycles. The van der Waals surface area contributed by atoms with Gasteiger partial charge in [0.15, 0.2) is 0 Å². The van der Waals surface area contributed by atoms with Gasteiger partial charge in [0.2, 0.25) is 5.88 Å². The number of aromatic nitrogens is 1. The molecule has 0 saturated carbocycles. The van der Waals surface area contributed by atoms with E-state index in [1.807, 2.05) is 24.3 Å². The van der Waals surface area contributed by atoms with Crippen LogP contribution in [0.5, 0.6) is 5.88 Å². The van der Waals surface area contributed by atoms with E-state index >= 15 is 0 Å². The van der Waals surface area contributed by atoms with Crippen molar-refractivity contribution in [3.05, 3.63) is 48.6 Å². The predicted octanol–water partition coefficient (Wildman–Crippen LogP) is 2.49. The topological polar surface area (TPSA) is 47.7 Å². The molecule has 1 atom stereocenters. The van der Waals surface area contributed by atoms with Gasteiger partial charge in [0.1, 0.15) is 6.10 Å². The van der Waals surface area contributed by atoms with Gasteiger partial charge in [-0.15, -0.1) is 0 Å². The molecule has 4 heterocycles. The molecule has 0 radical (unpaired) electrons. The minimum absolute atomic E-state index is 0.0402. The standard InChI is InChI=1S/C17H20N2O3/c1-2-6-18-16(3-1)22-15-5-8-21-17(9-15)12-19(13-17)10-14-4-7-20-11-14/h1-4,6-7,11,15H,5,8-10,12-13H2/t15-/m1/s1. The van der Waals surface area contributed by atoms with E-state index in [1.165, 1.54) is 5.56 Å². The molecule has 4 rings (SSSR count). The third-order valence-corrected chi connectivity index (χ3v) is 4.38. The Morgan fingerprint density at radius 3 is 3.05 bits per heavy atom. The van der Waals surface area contributed by atoms with E-state index in [9.17, 15) is 0 Å². The number of hydrogen-bond acceptors (Lipinski definition) is 5. The Labute approximate surface area is 129 Å². The number of rotatable bonds is 4. The Morgan fingerprint density at radius 1 is 1.32 bits per heavy atom.